The molecule has 0 aromatic heterocycles. The van der Waals surface area contributed by atoms with Crippen LogP contribution in [0.2, 0.25) is 0 Å². The van der Waals surface area contributed by atoms with Gasteiger partial charge in [-0.05, 0) is 24.5 Å². The number of rotatable bonds is 4. The Morgan fingerprint density at radius 1 is 1.47 bits per heavy atom. The first-order valence-electron chi connectivity index (χ1n) is 5.32. The fourth-order valence-electron chi connectivity index (χ4n) is 1.70. The van der Waals surface area contributed by atoms with Crippen LogP contribution in [0.3, 0.4) is 0 Å². The number of aryl methyl sites for hydroxylation is 1. The lowest BCUT2D eigenvalue weighted by atomic mass is 9.92. The van der Waals surface area contributed by atoms with Crippen molar-refractivity contribution in [1.82, 2.24) is 5.43 Å². The molecule has 0 aliphatic rings. The summed E-state index contributed by atoms with van der Waals surface area (Å²) in [6.07, 6.45) is 1.11. The van der Waals surface area contributed by atoms with E-state index in [0.717, 1.165) is 10.9 Å². The van der Waals surface area contributed by atoms with Gasteiger partial charge in [-0.25, -0.2) is 0 Å². The first-order valence-corrected chi connectivity index (χ1v) is 6.11. The quantitative estimate of drug-likeness (QED) is 0.651. The summed E-state index contributed by atoms with van der Waals surface area (Å²) in [5, 5.41) is 0. The average molecular weight is 271 g/mol. The highest BCUT2D eigenvalue weighted by atomic mass is 79.9. The molecule has 0 saturated heterocycles. The Hall–Kier alpha value is -0.380. The Morgan fingerprint density at radius 2 is 2.13 bits per heavy atom. The third kappa shape index (κ3) is 3.03. The second-order valence-electron chi connectivity index (χ2n) is 4.05. The van der Waals surface area contributed by atoms with Gasteiger partial charge in [0, 0.05) is 10.5 Å². The predicted molar refractivity (Wildman–Crippen MR) is 68.4 cm³/mol. The Bertz CT molecular complexity index is 325. The highest BCUT2D eigenvalue weighted by molar-refractivity contribution is 9.10. The maximum absolute atomic E-state index is 5.63. The number of halogens is 1. The van der Waals surface area contributed by atoms with Crippen molar-refractivity contribution < 1.29 is 0 Å². The minimum atomic E-state index is 0.212. The van der Waals surface area contributed by atoms with Gasteiger partial charge in [0.05, 0.1) is 0 Å². The van der Waals surface area contributed by atoms with Crippen molar-refractivity contribution in [3.05, 3.63) is 33.8 Å². The molecule has 1 rings (SSSR count). The number of hydrogen-bond acceptors (Lipinski definition) is 2. The molecule has 0 aliphatic carbocycles. The van der Waals surface area contributed by atoms with Crippen LogP contribution >= 0.6 is 15.9 Å². The minimum absolute atomic E-state index is 0.212. The van der Waals surface area contributed by atoms with E-state index in [1.54, 1.807) is 0 Å². The van der Waals surface area contributed by atoms with Crippen molar-refractivity contribution in [2.24, 2.45) is 11.8 Å². The van der Waals surface area contributed by atoms with Gasteiger partial charge >= 0.3 is 0 Å². The number of nitrogens with one attached hydrogen (secondary N) is 1. The lowest BCUT2D eigenvalue weighted by Crippen LogP contribution is -2.32. The third-order valence-corrected chi connectivity index (χ3v) is 3.60. The lowest BCUT2D eigenvalue weighted by molar-refractivity contribution is 0.381. The highest BCUT2D eigenvalue weighted by Crippen LogP contribution is 2.30. The molecule has 0 heterocycles. The fourth-order valence-corrected chi connectivity index (χ4v) is 2.19. The molecule has 2 unspecified atom stereocenters. The summed E-state index contributed by atoms with van der Waals surface area (Å²) >= 11 is 3.57. The first kappa shape index (κ1) is 12.7. The van der Waals surface area contributed by atoms with E-state index in [4.69, 9.17) is 5.84 Å². The van der Waals surface area contributed by atoms with Crippen molar-refractivity contribution in [3.63, 3.8) is 0 Å². The van der Waals surface area contributed by atoms with Crippen LogP contribution in [0.15, 0.2) is 22.7 Å². The molecule has 0 radical (unpaired) electrons. The SMILES string of the molecule is CCC(C)C(NN)c1cc(C)ccc1Br. The van der Waals surface area contributed by atoms with E-state index in [9.17, 15) is 0 Å². The van der Waals surface area contributed by atoms with E-state index in [1.807, 2.05) is 0 Å². The van der Waals surface area contributed by atoms with Gasteiger partial charge in [0.15, 0.2) is 0 Å². The largest absolute Gasteiger partial charge is 0.271 e. The zero-order valence-corrected chi connectivity index (χ0v) is 11.1. The third-order valence-electron chi connectivity index (χ3n) is 2.88. The molecule has 0 fully saturated rings. The molecule has 2 atom stereocenters. The zero-order chi connectivity index (χ0) is 11.4. The molecular weight excluding hydrogens is 252 g/mol. The van der Waals surface area contributed by atoms with Crippen LogP contribution in [-0.4, -0.2) is 0 Å². The monoisotopic (exact) mass is 270 g/mol. The van der Waals surface area contributed by atoms with Crippen molar-refractivity contribution in [1.29, 1.82) is 0 Å². The molecular formula is C12H19BrN2. The van der Waals surface area contributed by atoms with E-state index in [1.165, 1.54) is 11.1 Å². The van der Waals surface area contributed by atoms with Gasteiger partial charge in [-0.1, -0.05) is 53.9 Å². The normalized spacial score (nSPS) is 15.0. The molecule has 2 nitrogen and oxygen atoms in total. The van der Waals surface area contributed by atoms with E-state index in [0.29, 0.717) is 5.92 Å². The average Bonchev–Trinajstić information content (AvgIpc) is 2.23. The molecule has 1 aromatic carbocycles. The van der Waals surface area contributed by atoms with Crippen molar-refractivity contribution in [2.45, 2.75) is 33.2 Å². The van der Waals surface area contributed by atoms with Crippen molar-refractivity contribution >= 4 is 15.9 Å². The highest BCUT2D eigenvalue weighted by Gasteiger charge is 2.18. The van der Waals surface area contributed by atoms with Crippen LogP contribution in [0, 0.1) is 12.8 Å². The first-order chi connectivity index (χ1) is 7.10. The predicted octanol–water partition coefficient (Wildman–Crippen LogP) is 3.31. The molecule has 0 aliphatic heterocycles. The second kappa shape index (κ2) is 5.64. The zero-order valence-electron chi connectivity index (χ0n) is 9.55. The van der Waals surface area contributed by atoms with Gasteiger partial charge in [0.1, 0.15) is 0 Å². The molecule has 0 saturated carbocycles. The number of hydrogen-bond donors (Lipinski definition) is 2. The Morgan fingerprint density at radius 3 is 2.67 bits per heavy atom. The fraction of sp³-hybridized carbons (Fsp3) is 0.500. The summed E-state index contributed by atoms with van der Waals surface area (Å²) in [5.41, 5.74) is 5.41. The van der Waals surface area contributed by atoms with E-state index < -0.39 is 0 Å². The molecule has 84 valence electrons. The summed E-state index contributed by atoms with van der Waals surface area (Å²) in [6.45, 7) is 6.48. The number of nitrogens with two attached hydrogens (primary N) is 1. The maximum Gasteiger partial charge on any atom is 0.0496 e. The van der Waals surface area contributed by atoms with Crippen LogP contribution in [0.1, 0.15) is 37.4 Å². The second-order valence-corrected chi connectivity index (χ2v) is 4.91. The van der Waals surface area contributed by atoms with Crippen molar-refractivity contribution in [3.8, 4) is 0 Å². The minimum Gasteiger partial charge on any atom is -0.271 e. The van der Waals surface area contributed by atoms with Crippen LogP contribution < -0.4 is 11.3 Å². The Balaban J connectivity index is 3.05. The Kier molecular flexibility index (Phi) is 4.77. The number of benzene rings is 1. The van der Waals surface area contributed by atoms with Crippen LogP contribution in [-0.2, 0) is 0 Å². The van der Waals surface area contributed by atoms with Crippen LogP contribution in [0.25, 0.3) is 0 Å². The smallest absolute Gasteiger partial charge is 0.0496 e. The van der Waals surface area contributed by atoms with Gasteiger partial charge < -0.3 is 0 Å². The van der Waals surface area contributed by atoms with Crippen LogP contribution in [0.5, 0.6) is 0 Å². The van der Waals surface area contributed by atoms with Crippen molar-refractivity contribution in [2.75, 3.05) is 0 Å². The van der Waals surface area contributed by atoms with Crippen LogP contribution in [0.4, 0.5) is 0 Å². The van der Waals surface area contributed by atoms with Gasteiger partial charge in [-0.15, -0.1) is 0 Å². The molecule has 0 spiro atoms. The Labute approximate surface area is 100 Å². The summed E-state index contributed by atoms with van der Waals surface area (Å²) in [5.74, 6) is 6.15. The molecule has 3 N–H and O–H groups in total. The molecule has 1 aromatic rings. The standard InChI is InChI=1S/C12H19BrN2/c1-4-9(3)12(15-14)10-7-8(2)5-6-11(10)13/h5-7,9,12,15H,4,14H2,1-3H3. The van der Waals surface area contributed by atoms with Gasteiger partial charge in [0.2, 0.25) is 0 Å². The van der Waals surface area contributed by atoms with Gasteiger partial charge in [0.25, 0.3) is 0 Å². The summed E-state index contributed by atoms with van der Waals surface area (Å²) in [6, 6.07) is 6.57. The maximum atomic E-state index is 5.63. The molecule has 0 amide bonds. The summed E-state index contributed by atoms with van der Waals surface area (Å²) in [7, 11) is 0. The van der Waals surface area contributed by atoms with Gasteiger partial charge in [-0.3, -0.25) is 11.3 Å². The van der Waals surface area contributed by atoms with E-state index in [2.05, 4.69) is 60.3 Å². The van der Waals surface area contributed by atoms with Gasteiger partial charge in [-0.2, -0.15) is 0 Å². The topological polar surface area (TPSA) is 38.0 Å². The summed E-state index contributed by atoms with van der Waals surface area (Å²) < 4.78 is 1.12. The summed E-state index contributed by atoms with van der Waals surface area (Å²) in [4.78, 5) is 0. The molecule has 3 heteroatoms. The number of hydrazine groups is 1. The van der Waals surface area contributed by atoms with E-state index in [-0.39, 0.29) is 6.04 Å². The molecule has 0 bridgehead atoms. The molecule has 15 heavy (non-hydrogen) atoms. The van der Waals surface area contributed by atoms with E-state index >= 15 is 0 Å². The lowest BCUT2D eigenvalue weighted by Gasteiger charge is -2.24.